The van der Waals surface area contributed by atoms with Gasteiger partial charge in [0.05, 0.1) is 49.9 Å². The first-order chi connectivity index (χ1) is 15.5. The van der Waals surface area contributed by atoms with Gasteiger partial charge in [-0.1, -0.05) is 12.8 Å². The van der Waals surface area contributed by atoms with Crippen LogP contribution in [0.15, 0.2) is 12.5 Å². The van der Waals surface area contributed by atoms with Gasteiger partial charge in [-0.25, -0.2) is 4.98 Å². The van der Waals surface area contributed by atoms with Gasteiger partial charge in [-0.3, -0.25) is 9.59 Å². The average molecular weight is 449 g/mol. The number of aliphatic hydroxyl groups is 1. The average Bonchev–Trinajstić information content (AvgIpc) is 3.43. The Morgan fingerprint density at radius 2 is 2.03 bits per heavy atom. The molecule has 3 aliphatic rings. The fraction of sp³-hybridized carbons (Fsp3) is 0.783. The minimum atomic E-state index is -0.677. The van der Waals surface area contributed by atoms with Gasteiger partial charge in [-0.2, -0.15) is 0 Å². The molecule has 4 rings (SSSR count). The zero-order valence-corrected chi connectivity index (χ0v) is 18.9. The molecule has 9 heteroatoms. The van der Waals surface area contributed by atoms with Crippen molar-refractivity contribution >= 4 is 11.8 Å². The number of fused-ring (bicyclic) bond motifs is 1. The van der Waals surface area contributed by atoms with Crippen molar-refractivity contribution in [2.45, 2.75) is 75.7 Å². The van der Waals surface area contributed by atoms with Crippen LogP contribution in [0, 0.1) is 5.92 Å². The molecule has 1 saturated carbocycles. The van der Waals surface area contributed by atoms with Gasteiger partial charge >= 0.3 is 0 Å². The molecule has 9 nitrogen and oxygen atoms in total. The van der Waals surface area contributed by atoms with Gasteiger partial charge in [0.25, 0.3) is 0 Å². The molecule has 0 radical (unpaired) electrons. The van der Waals surface area contributed by atoms with E-state index < -0.39 is 6.10 Å². The third-order valence-electron chi connectivity index (χ3n) is 6.84. The molecule has 1 aromatic heterocycles. The molecule has 178 valence electrons. The van der Waals surface area contributed by atoms with Crippen LogP contribution < -0.4 is 5.32 Å². The standard InChI is InChI=1S/C23H36N4O5/c1-26-11-17(25-15-26)8-9-24-22(29)10-19-6-7-20-21(32-19)14-31-13-18(28)12-27(20)23(30)16-4-2-3-5-16/h11,15-16,18-21,28H,2-10,12-14H2,1H3,(H,24,29)/t18-,19+,20+,21-/m1/s1. The number of amides is 2. The number of hydrogen-bond acceptors (Lipinski definition) is 6. The highest BCUT2D eigenvalue weighted by Crippen LogP contribution is 2.32. The number of ether oxygens (including phenoxy) is 2. The lowest BCUT2D eigenvalue weighted by Gasteiger charge is -2.45. The minimum Gasteiger partial charge on any atom is -0.389 e. The number of aromatic nitrogens is 2. The molecule has 3 heterocycles. The van der Waals surface area contributed by atoms with Crippen molar-refractivity contribution in [3.05, 3.63) is 18.2 Å². The SMILES string of the molecule is Cn1cnc(CCNC(=O)C[C@@H]2CC[C@H]3[C@@H](COC[C@H](O)CN3C(=O)C3CCCC3)O2)c1. The van der Waals surface area contributed by atoms with E-state index in [0.29, 0.717) is 39.0 Å². The van der Waals surface area contributed by atoms with Gasteiger partial charge in [0.2, 0.25) is 11.8 Å². The number of hydrogen-bond donors (Lipinski definition) is 2. The fourth-order valence-corrected chi connectivity index (χ4v) is 5.21. The highest BCUT2D eigenvalue weighted by molar-refractivity contribution is 5.79. The van der Waals surface area contributed by atoms with E-state index in [1.54, 1.807) is 6.33 Å². The number of imidazole rings is 1. The van der Waals surface area contributed by atoms with Gasteiger partial charge in [0.15, 0.2) is 0 Å². The normalized spacial score (nSPS) is 29.2. The van der Waals surface area contributed by atoms with Crippen LogP contribution in [0.1, 0.15) is 50.6 Å². The van der Waals surface area contributed by atoms with Crippen LogP contribution in [0.4, 0.5) is 0 Å². The van der Waals surface area contributed by atoms with E-state index in [2.05, 4.69) is 10.3 Å². The van der Waals surface area contributed by atoms with Crippen LogP contribution in [0.25, 0.3) is 0 Å². The van der Waals surface area contributed by atoms with E-state index in [1.165, 1.54) is 0 Å². The van der Waals surface area contributed by atoms with E-state index in [4.69, 9.17) is 9.47 Å². The Morgan fingerprint density at radius 3 is 2.78 bits per heavy atom. The lowest BCUT2D eigenvalue weighted by Crippen LogP contribution is -2.58. The zero-order valence-electron chi connectivity index (χ0n) is 18.9. The predicted molar refractivity (Wildman–Crippen MR) is 117 cm³/mol. The molecule has 4 atom stereocenters. The van der Waals surface area contributed by atoms with Crippen molar-refractivity contribution in [1.82, 2.24) is 19.8 Å². The summed E-state index contributed by atoms with van der Waals surface area (Å²) < 4.78 is 13.8. The van der Waals surface area contributed by atoms with E-state index in [0.717, 1.165) is 37.8 Å². The molecule has 0 bridgehead atoms. The summed E-state index contributed by atoms with van der Waals surface area (Å²) in [5, 5.41) is 13.2. The molecule has 2 amide bonds. The van der Waals surface area contributed by atoms with Crippen molar-refractivity contribution in [3.8, 4) is 0 Å². The topological polar surface area (TPSA) is 106 Å². The molecular weight excluding hydrogens is 412 g/mol. The lowest BCUT2D eigenvalue weighted by atomic mass is 9.93. The van der Waals surface area contributed by atoms with Crippen molar-refractivity contribution in [2.24, 2.45) is 13.0 Å². The summed E-state index contributed by atoms with van der Waals surface area (Å²) in [6, 6.07) is -0.110. The summed E-state index contributed by atoms with van der Waals surface area (Å²) in [5.74, 6) is 0.170. The highest BCUT2D eigenvalue weighted by atomic mass is 16.5. The number of carbonyl (C=O) groups excluding carboxylic acids is 2. The quantitative estimate of drug-likeness (QED) is 0.667. The van der Waals surface area contributed by atoms with Gasteiger partial charge in [-0.15, -0.1) is 0 Å². The maximum atomic E-state index is 13.2. The second kappa shape index (κ2) is 10.8. The number of nitrogens with one attached hydrogen (secondary N) is 1. The molecule has 0 aromatic carbocycles. The molecule has 2 N–H and O–H groups in total. The lowest BCUT2D eigenvalue weighted by molar-refractivity contribution is -0.171. The number of aliphatic hydroxyl groups excluding tert-OH is 1. The Kier molecular flexibility index (Phi) is 7.80. The summed E-state index contributed by atoms with van der Waals surface area (Å²) in [5.41, 5.74) is 0.949. The van der Waals surface area contributed by atoms with E-state index in [-0.39, 0.29) is 42.6 Å². The Bertz CT molecular complexity index is 778. The second-order valence-corrected chi connectivity index (χ2v) is 9.44. The summed E-state index contributed by atoms with van der Waals surface area (Å²) in [7, 11) is 1.92. The van der Waals surface area contributed by atoms with E-state index >= 15 is 0 Å². The van der Waals surface area contributed by atoms with Crippen LogP contribution in [0.3, 0.4) is 0 Å². The van der Waals surface area contributed by atoms with Gasteiger partial charge in [0, 0.05) is 38.7 Å². The number of rotatable bonds is 6. The number of aryl methyl sites for hydroxylation is 1. The molecule has 2 aliphatic heterocycles. The Hall–Kier alpha value is -1.97. The van der Waals surface area contributed by atoms with E-state index in [9.17, 15) is 14.7 Å². The van der Waals surface area contributed by atoms with Crippen molar-refractivity contribution < 1.29 is 24.2 Å². The summed E-state index contributed by atoms with van der Waals surface area (Å²) >= 11 is 0. The summed E-state index contributed by atoms with van der Waals surface area (Å²) in [6.45, 7) is 1.35. The highest BCUT2D eigenvalue weighted by Gasteiger charge is 2.41. The molecule has 1 aliphatic carbocycles. The number of β-amino-alcohol motifs (C(OH)–C–C–N with tert-alkyl or cyclic N) is 1. The molecule has 0 spiro atoms. The molecule has 0 unspecified atom stereocenters. The van der Waals surface area contributed by atoms with Gasteiger partial charge in [-0.05, 0) is 25.7 Å². The Labute approximate surface area is 189 Å². The predicted octanol–water partition coefficient (Wildman–Crippen LogP) is 0.795. The van der Waals surface area contributed by atoms with Crippen LogP contribution in [-0.4, -0.2) is 82.0 Å². The van der Waals surface area contributed by atoms with Crippen LogP contribution in [0.5, 0.6) is 0 Å². The van der Waals surface area contributed by atoms with Crippen LogP contribution >= 0.6 is 0 Å². The number of nitrogens with zero attached hydrogens (tertiary/aromatic N) is 3. The molecule has 32 heavy (non-hydrogen) atoms. The second-order valence-electron chi connectivity index (χ2n) is 9.44. The first-order valence-corrected chi connectivity index (χ1v) is 11.9. The molecule has 2 saturated heterocycles. The molecule has 3 fully saturated rings. The van der Waals surface area contributed by atoms with Gasteiger partial charge in [0.1, 0.15) is 6.10 Å². The summed E-state index contributed by atoms with van der Waals surface area (Å²) in [6.07, 6.45) is 9.06. The first kappa shape index (κ1) is 23.2. The molecular formula is C23H36N4O5. The van der Waals surface area contributed by atoms with Crippen LogP contribution in [-0.2, 0) is 32.5 Å². The maximum Gasteiger partial charge on any atom is 0.226 e. The van der Waals surface area contributed by atoms with Crippen molar-refractivity contribution in [1.29, 1.82) is 0 Å². The first-order valence-electron chi connectivity index (χ1n) is 11.9. The fourth-order valence-electron chi connectivity index (χ4n) is 5.21. The smallest absolute Gasteiger partial charge is 0.226 e. The van der Waals surface area contributed by atoms with Crippen LogP contribution in [0.2, 0.25) is 0 Å². The Balaban J connectivity index is 1.30. The Morgan fingerprint density at radius 1 is 1.22 bits per heavy atom. The van der Waals surface area contributed by atoms with E-state index in [1.807, 2.05) is 22.7 Å². The summed E-state index contributed by atoms with van der Waals surface area (Å²) in [4.78, 5) is 31.8. The van der Waals surface area contributed by atoms with Crippen molar-refractivity contribution in [2.75, 3.05) is 26.3 Å². The largest absolute Gasteiger partial charge is 0.389 e. The molecule has 1 aromatic rings. The zero-order chi connectivity index (χ0) is 22.5. The number of carbonyl (C=O) groups is 2. The third kappa shape index (κ3) is 5.88. The third-order valence-corrected chi connectivity index (χ3v) is 6.84. The minimum absolute atomic E-state index is 0.0366. The van der Waals surface area contributed by atoms with Gasteiger partial charge < -0.3 is 29.4 Å². The van der Waals surface area contributed by atoms with Crippen molar-refractivity contribution in [3.63, 3.8) is 0 Å². The monoisotopic (exact) mass is 448 g/mol. The maximum absolute atomic E-state index is 13.2.